The number of benzene rings is 1. The third kappa shape index (κ3) is 2.26. The summed E-state index contributed by atoms with van der Waals surface area (Å²) in [5, 5.41) is 0. The van der Waals surface area contributed by atoms with E-state index in [-0.39, 0.29) is 0 Å². The van der Waals surface area contributed by atoms with Gasteiger partial charge in [0, 0.05) is 19.6 Å². The molecule has 1 aromatic rings. The molecule has 1 aromatic carbocycles. The molecule has 0 N–H and O–H groups in total. The number of hydrogen-bond acceptors (Lipinski definition) is 2. The molecule has 2 atom stereocenters. The Kier molecular flexibility index (Phi) is 3.54. The number of allylic oxidation sites excluding steroid dienone is 1. The van der Waals surface area contributed by atoms with Crippen molar-refractivity contribution in [3.63, 3.8) is 0 Å². The Balaban J connectivity index is 1.89. The zero-order valence-corrected chi connectivity index (χ0v) is 11.6. The second-order valence-electron chi connectivity index (χ2n) is 5.30. The van der Waals surface area contributed by atoms with Gasteiger partial charge in [0.05, 0.1) is 12.7 Å². The maximum absolute atomic E-state index is 5.78. The van der Waals surface area contributed by atoms with Crippen LogP contribution in [0.3, 0.4) is 0 Å². The van der Waals surface area contributed by atoms with Crippen molar-refractivity contribution in [2.45, 2.75) is 19.4 Å². The summed E-state index contributed by atoms with van der Waals surface area (Å²) in [6.07, 6.45) is 3.72. The topological polar surface area (TPSA) is 18.5 Å². The van der Waals surface area contributed by atoms with E-state index >= 15 is 0 Å². The van der Waals surface area contributed by atoms with E-state index in [9.17, 15) is 0 Å². The molecular formula is C17H20O2. The van der Waals surface area contributed by atoms with Crippen LogP contribution in [0.5, 0.6) is 0 Å². The molecule has 3 rings (SSSR count). The summed E-state index contributed by atoms with van der Waals surface area (Å²) in [4.78, 5) is 0. The van der Waals surface area contributed by atoms with Gasteiger partial charge in [0.25, 0.3) is 0 Å². The summed E-state index contributed by atoms with van der Waals surface area (Å²) in [6.45, 7) is 3.77. The van der Waals surface area contributed by atoms with Crippen molar-refractivity contribution >= 4 is 6.08 Å². The van der Waals surface area contributed by atoms with Gasteiger partial charge in [-0.05, 0) is 35.6 Å². The number of ether oxygens (including phenoxy) is 2. The molecule has 1 aliphatic heterocycles. The highest BCUT2D eigenvalue weighted by molar-refractivity contribution is 5.62. The largest absolute Gasteiger partial charge is 0.380 e. The lowest BCUT2D eigenvalue weighted by molar-refractivity contribution is 0.0881. The molecule has 2 aliphatic rings. The Morgan fingerprint density at radius 2 is 2.16 bits per heavy atom. The van der Waals surface area contributed by atoms with Gasteiger partial charge in [0.1, 0.15) is 0 Å². The fourth-order valence-electron chi connectivity index (χ4n) is 3.26. The van der Waals surface area contributed by atoms with Crippen molar-refractivity contribution in [3.8, 4) is 0 Å². The summed E-state index contributed by atoms with van der Waals surface area (Å²) in [7, 11) is 1.75. The van der Waals surface area contributed by atoms with E-state index in [2.05, 4.69) is 37.3 Å². The Morgan fingerprint density at radius 1 is 1.37 bits per heavy atom. The third-order valence-electron chi connectivity index (χ3n) is 4.06. The molecule has 1 saturated heterocycles. The lowest BCUT2D eigenvalue weighted by atomic mass is 9.71. The zero-order chi connectivity index (χ0) is 13.2. The van der Waals surface area contributed by atoms with Gasteiger partial charge in [-0.15, -0.1) is 0 Å². The van der Waals surface area contributed by atoms with Gasteiger partial charge in [-0.1, -0.05) is 36.4 Å². The highest BCUT2D eigenvalue weighted by atomic mass is 16.5. The molecule has 2 nitrogen and oxygen atoms in total. The second kappa shape index (κ2) is 5.32. The van der Waals surface area contributed by atoms with Crippen LogP contribution in [0.4, 0.5) is 0 Å². The zero-order valence-electron chi connectivity index (χ0n) is 11.6. The van der Waals surface area contributed by atoms with Crippen LogP contribution in [0.25, 0.3) is 6.08 Å². The van der Waals surface area contributed by atoms with Gasteiger partial charge in [0.2, 0.25) is 0 Å². The molecule has 0 radical (unpaired) electrons. The van der Waals surface area contributed by atoms with Gasteiger partial charge in [-0.2, -0.15) is 0 Å². The van der Waals surface area contributed by atoms with Crippen molar-refractivity contribution in [3.05, 3.63) is 52.6 Å². The van der Waals surface area contributed by atoms with Gasteiger partial charge in [-0.3, -0.25) is 0 Å². The predicted octanol–water partition coefficient (Wildman–Crippen LogP) is 3.45. The van der Waals surface area contributed by atoms with E-state index in [0.717, 1.165) is 13.0 Å². The molecule has 2 heteroatoms. The van der Waals surface area contributed by atoms with Crippen molar-refractivity contribution in [1.82, 2.24) is 0 Å². The summed E-state index contributed by atoms with van der Waals surface area (Å²) in [6, 6.07) is 10.5. The molecule has 0 aromatic heterocycles. The summed E-state index contributed by atoms with van der Waals surface area (Å²) in [5.41, 5.74) is 5.42. The maximum atomic E-state index is 5.78. The minimum absolute atomic E-state index is 0.314. The Morgan fingerprint density at radius 3 is 2.89 bits per heavy atom. The van der Waals surface area contributed by atoms with Gasteiger partial charge >= 0.3 is 0 Å². The van der Waals surface area contributed by atoms with Crippen LogP contribution in [0.1, 0.15) is 18.9 Å². The Hall–Kier alpha value is -1.38. The number of methoxy groups -OCH3 is 1. The van der Waals surface area contributed by atoms with Crippen LogP contribution in [0.2, 0.25) is 0 Å². The average Bonchev–Trinajstić information content (AvgIpc) is 2.81. The second-order valence-corrected chi connectivity index (χ2v) is 5.30. The van der Waals surface area contributed by atoms with Crippen LogP contribution in [0, 0.1) is 5.92 Å². The third-order valence-corrected chi connectivity index (χ3v) is 4.06. The standard InChI is InChI=1S/C17H20O2/c1-12(10-13-6-4-3-5-7-13)16-14-8-9-19-17(14)15(16)11-18-2/h3-7,10,14,17H,8-9,11H2,1-2H3/b12-10+. The van der Waals surface area contributed by atoms with Crippen LogP contribution in [0.15, 0.2) is 47.1 Å². The van der Waals surface area contributed by atoms with Crippen LogP contribution < -0.4 is 0 Å². The summed E-state index contributed by atoms with van der Waals surface area (Å²) in [5.74, 6) is 0.588. The van der Waals surface area contributed by atoms with E-state index < -0.39 is 0 Å². The van der Waals surface area contributed by atoms with Crippen molar-refractivity contribution in [1.29, 1.82) is 0 Å². The summed E-state index contributed by atoms with van der Waals surface area (Å²) < 4.78 is 11.1. The van der Waals surface area contributed by atoms with Crippen molar-refractivity contribution in [2.24, 2.45) is 5.92 Å². The fraction of sp³-hybridized carbons (Fsp3) is 0.412. The Labute approximate surface area is 114 Å². The van der Waals surface area contributed by atoms with Crippen molar-refractivity contribution < 1.29 is 9.47 Å². The minimum atomic E-state index is 0.314. The SMILES string of the molecule is COCC1=C(/C(C)=C/c2ccccc2)C2CCOC12. The summed E-state index contributed by atoms with van der Waals surface area (Å²) >= 11 is 0. The lowest BCUT2D eigenvalue weighted by Crippen LogP contribution is -2.35. The highest BCUT2D eigenvalue weighted by Crippen LogP contribution is 2.47. The smallest absolute Gasteiger partial charge is 0.0882 e. The van der Waals surface area contributed by atoms with E-state index in [0.29, 0.717) is 18.6 Å². The molecule has 0 saturated carbocycles. The first-order chi connectivity index (χ1) is 9.31. The molecule has 19 heavy (non-hydrogen) atoms. The van der Waals surface area contributed by atoms with E-state index in [1.165, 1.54) is 22.3 Å². The minimum Gasteiger partial charge on any atom is -0.380 e. The van der Waals surface area contributed by atoms with Crippen LogP contribution >= 0.6 is 0 Å². The molecule has 1 heterocycles. The van der Waals surface area contributed by atoms with Crippen LogP contribution in [-0.2, 0) is 9.47 Å². The van der Waals surface area contributed by atoms with Crippen LogP contribution in [-0.4, -0.2) is 26.4 Å². The quantitative estimate of drug-likeness (QED) is 0.821. The first-order valence-electron chi connectivity index (χ1n) is 6.88. The first-order valence-corrected chi connectivity index (χ1v) is 6.88. The molecule has 0 amide bonds. The molecule has 0 spiro atoms. The molecule has 2 unspecified atom stereocenters. The highest BCUT2D eigenvalue weighted by Gasteiger charge is 2.44. The number of rotatable bonds is 4. The van der Waals surface area contributed by atoms with Crippen molar-refractivity contribution in [2.75, 3.05) is 20.3 Å². The first kappa shape index (κ1) is 12.6. The monoisotopic (exact) mass is 256 g/mol. The Bertz CT molecular complexity index is 513. The van der Waals surface area contributed by atoms with E-state index in [1.807, 2.05) is 6.07 Å². The molecule has 0 bridgehead atoms. The molecule has 100 valence electrons. The molecule has 1 aliphatic carbocycles. The number of hydrogen-bond donors (Lipinski definition) is 0. The predicted molar refractivity (Wildman–Crippen MR) is 76.8 cm³/mol. The van der Waals surface area contributed by atoms with Gasteiger partial charge in [0.15, 0.2) is 0 Å². The number of fused-ring (bicyclic) bond motifs is 1. The van der Waals surface area contributed by atoms with Gasteiger partial charge < -0.3 is 9.47 Å². The molecular weight excluding hydrogens is 236 g/mol. The molecule has 1 fully saturated rings. The fourth-order valence-corrected chi connectivity index (χ4v) is 3.26. The van der Waals surface area contributed by atoms with E-state index in [1.54, 1.807) is 7.11 Å². The average molecular weight is 256 g/mol. The van der Waals surface area contributed by atoms with Gasteiger partial charge in [-0.25, -0.2) is 0 Å². The lowest BCUT2D eigenvalue weighted by Gasteiger charge is -2.37. The van der Waals surface area contributed by atoms with E-state index in [4.69, 9.17) is 9.47 Å². The normalized spacial score (nSPS) is 26.3. The maximum Gasteiger partial charge on any atom is 0.0882 e.